The lowest BCUT2D eigenvalue weighted by Gasteiger charge is -2.30. The van der Waals surface area contributed by atoms with E-state index in [4.69, 9.17) is 4.42 Å². The molecule has 7 nitrogen and oxygen atoms in total. The highest BCUT2D eigenvalue weighted by atomic mass is 32.1. The topological polar surface area (TPSA) is 88.3 Å². The summed E-state index contributed by atoms with van der Waals surface area (Å²) in [6, 6.07) is 3.06. The SMILES string of the molecule is Cc1ccc([C@@H](C(=O)NC2CCCC2)N(C(=O)c2csnn2)C2CC2)o1. The van der Waals surface area contributed by atoms with E-state index in [1.165, 1.54) is 0 Å². The summed E-state index contributed by atoms with van der Waals surface area (Å²) in [4.78, 5) is 27.9. The molecule has 2 aromatic heterocycles. The molecule has 2 heterocycles. The van der Waals surface area contributed by atoms with Crippen LogP contribution in [0.3, 0.4) is 0 Å². The van der Waals surface area contributed by atoms with Crippen LogP contribution in [0.15, 0.2) is 21.9 Å². The highest BCUT2D eigenvalue weighted by Crippen LogP contribution is 2.37. The van der Waals surface area contributed by atoms with Gasteiger partial charge >= 0.3 is 0 Å². The van der Waals surface area contributed by atoms with Crippen LogP contribution in [0.5, 0.6) is 0 Å². The minimum atomic E-state index is -0.772. The summed E-state index contributed by atoms with van der Waals surface area (Å²) in [5.41, 5.74) is 0.281. The number of aromatic nitrogens is 2. The third-order valence-electron chi connectivity index (χ3n) is 5.01. The Balaban J connectivity index is 1.65. The predicted molar refractivity (Wildman–Crippen MR) is 95.7 cm³/mol. The van der Waals surface area contributed by atoms with E-state index in [1.54, 1.807) is 16.3 Å². The number of carbonyl (C=O) groups excluding carboxylic acids is 2. The fourth-order valence-electron chi connectivity index (χ4n) is 3.58. The Hall–Kier alpha value is -2.22. The van der Waals surface area contributed by atoms with E-state index < -0.39 is 6.04 Å². The van der Waals surface area contributed by atoms with Gasteiger partial charge in [-0.15, -0.1) is 5.10 Å². The summed E-state index contributed by atoms with van der Waals surface area (Å²) in [5.74, 6) is 0.787. The summed E-state index contributed by atoms with van der Waals surface area (Å²) < 4.78 is 9.56. The van der Waals surface area contributed by atoms with E-state index in [2.05, 4.69) is 14.9 Å². The first-order chi connectivity index (χ1) is 12.6. The minimum Gasteiger partial charge on any atom is -0.464 e. The number of amides is 2. The normalized spacial score (nSPS) is 18.7. The van der Waals surface area contributed by atoms with Gasteiger partial charge in [-0.1, -0.05) is 17.3 Å². The number of nitrogens with zero attached hydrogens (tertiary/aromatic N) is 3. The number of aryl methyl sites for hydroxylation is 1. The number of nitrogens with one attached hydrogen (secondary N) is 1. The van der Waals surface area contributed by atoms with Crippen molar-refractivity contribution in [2.24, 2.45) is 0 Å². The molecule has 2 aromatic rings. The van der Waals surface area contributed by atoms with Crippen LogP contribution in [0.4, 0.5) is 0 Å². The average molecular weight is 374 g/mol. The Morgan fingerprint density at radius 1 is 1.27 bits per heavy atom. The van der Waals surface area contributed by atoms with E-state index in [0.717, 1.165) is 55.8 Å². The second-order valence-electron chi connectivity index (χ2n) is 7.07. The molecule has 0 saturated heterocycles. The fourth-order valence-corrected chi connectivity index (χ4v) is 4.01. The van der Waals surface area contributed by atoms with Gasteiger partial charge in [0.2, 0.25) is 0 Å². The van der Waals surface area contributed by atoms with E-state index in [-0.39, 0.29) is 29.6 Å². The van der Waals surface area contributed by atoms with Gasteiger partial charge in [0.1, 0.15) is 11.5 Å². The summed E-state index contributed by atoms with van der Waals surface area (Å²) in [6.45, 7) is 1.84. The maximum absolute atomic E-state index is 13.2. The third kappa shape index (κ3) is 3.51. The van der Waals surface area contributed by atoms with Crippen LogP contribution in [0.25, 0.3) is 0 Å². The summed E-state index contributed by atoms with van der Waals surface area (Å²) in [7, 11) is 0. The van der Waals surface area contributed by atoms with Gasteiger partial charge in [0.05, 0.1) is 0 Å². The zero-order chi connectivity index (χ0) is 18.1. The molecule has 0 spiro atoms. The van der Waals surface area contributed by atoms with E-state index in [9.17, 15) is 9.59 Å². The Morgan fingerprint density at radius 2 is 2.04 bits per heavy atom. The predicted octanol–water partition coefficient (Wildman–Crippen LogP) is 2.84. The number of rotatable bonds is 6. The number of hydrogen-bond donors (Lipinski definition) is 1. The van der Waals surface area contributed by atoms with Crippen LogP contribution in [0, 0.1) is 6.92 Å². The number of carbonyl (C=O) groups is 2. The molecule has 0 aromatic carbocycles. The lowest BCUT2D eigenvalue weighted by Crippen LogP contribution is -2.47. The molecule has 2 saturated carbocycles. The van der Waals surface area contributed by atoms with Gasteiger partial charge in [-0.3, -0.25) is 9.59 Å². The minimum absolute atomic E-state index is 0.0361. The second-order valence-corrected chi connectivity index (χ2v) is 7.68. The third-order valence-corrected chi connectivity index (χ3v) is 5.52. The lowest BCUT2D eigenvalue weighted by atomic mass is 10.1. The highest BCUT2D eigenvalue weighted by Gasteiger charge is 2.44. The molecule has 1 atom stereocenters. The Bertz CT molecular complexity index is 778. The molecule has 1 N–H and O–H groups in total. The molecule has 0 radical (unpaired) electrons. The first-order valence-electron chi connectivity index (χ1n) is 9.10. The summed E-state index contributed by atoms with van der Waals surface area (Å²) in [5, 5.41) is 8.65. The van der Waals surface area contributed by atoms with Crippen molar-refractivity contribution in [2.75, 3.05) is 0 Å². The molecule has 26 heavy (non-hydrogen) atoms. The monoisotopic (exact) mass is 374 g/mol. The molecule has 0 bridgehead atoms. The van der Waals surface area contributed by atoms with Crippen molar-refractivity contribution in [3.05, 3.63) is 34.7 Å². The zero-order valence-electron chi connectivity index (χ0n) is 14.7. The van der Waals surface area contributed by atoms with Crippen molar-refractivity contribution in [2.45, 2.75) is 63.6 Å². The standard InChI is InChI=1S/C18H22N4O3S/c1-11-6-9-15(25-11)16(17(23)19-12-4-2-3-5-12)22(13-7-8-13)18(24)14-10-26-21-20-14/h6,9-10,12-13,16H,2-5,7-8H2,1H3,(H,19,23)/t16-/m0/s1. The van der Waals surface area contributed by atoms with Crippen molar-refractivity contribution in [3.63, 3.8) is 0 Å². The lowest BCUT2D eigenvalue weighted by molar-refractivity contribution is -0.127. The van der Waals surface area contributed by atoms with Crippen molar-refractivity contribution < 1.29 is 14.0 Å². The fraction of sp³-hybridized carbons (Fsp3) is 0.556. The summed E-state index contributed by atoms with van der Waals surface area (Å²) in [6.07, 6.45) is 6.01. The molecular formula is C18H22N4O3S. The molecular weight excluding hydrogens is 352 g/mol. The van der Waals surface area contributed by atoms with Crippen molar-refractivity contribution in [1.29, 1.82) is 0 Å². The molecule has 138 valence electrons. The van der Waals surface area contributed by atoms with Crippen LogP contribution in [0.2, 0.25) is 0 Å². The van der Waals surface area contributed by atoms with Gasteiger partial charge in [0, 0.05) is 17.5 Å². The smallest absolute Gasteiger partial charge is 0.276 e. The quantitative estimate of drug-likeness (QED) is 0.840. The molecule has 4 rings (SSSR count). The number of hydrogen-bond acceptors (Lipinski definition) is 6. The highest BCUT2D eigenvalue weighted by molar-refractivity contribution is 7.03. The maximum atomic E-state index is 13.2. The molecule has 0 aliphatic heterocycles. The van der Waals surface area contributed by atoms with Crippen LogP contribution < -0.4 is 5.32 Å². The molecule has 8 heteroatoms. The van der Waals surface area contributed by atoms with Gasteiger partial charge < -0.3 is 14.6 Å². The first-order valence-corrected chi connectivity index (χ1v) is 9.93. The maximum Gasteiger partial charge on any atom is 0.276 e. The zero-order valence-corrected chi connectivity index (χ0v) is 15.5. The van der Waals surface area contributed by atoms with Gasteiger partial charge in [-0.05, 0) is 56.3 Å². The molecule has 2 amide bonds. The van der Waals surface area contributed by atoms with Gasteiger partial charge in [-0.25, -0.2) is 0 Å². The van der Waals surface area contributed by atoms with Crippen LogP contribution in [-0.4, -0.2) is 38.4 Å². The molecule has 2 aliphatic carbocycles. The molecule has 2 aliphatic rings. The Kier molecular flexibility index (Phi) is 4.76. The van der Waals surface area contributed by atoms with Gasteiger partial charge in [-0.2, -0.15) is 0 Å². The summed E-state index contributed by atoms with van der Waals surface area (Å²) >= 11 is 1.13. The van der Waals surface area contributed by atoms with E-state index in [1.807, 2.05) is 13.0 Å². The van der Waals surface area contributed by atoms with Gasteiger partial charge in [0.25, 0.3) is 11.8 Å². The van der Waals surface area contributed by atoms with Crippen LogP contribution in [0.1, 0.15) is 66.6 Å². The Morgan fingerprint density at radius 3 is 2.62 bits per heavy atom. The van der Waals surface area contributed by atoms with Crippen LogP contribution >= 0.6 is 11.5 Å². The van der Waals surface area contributed by atoms with Crippen molar-refractivity contribution >= 4 is 23.3 Å². The number of furan rings is 1. The van der Waals surface area contributed by atoms with Crippen molar-refractivity contribution in [1.82, 2.24) is 19.8 Å². The van der Waals surface area contributed by atoms with E-state index >= 15 is 0 Å². The molecule has 2 fully saturated rings. The largest absolute Gasteiger partial charge is 0.464 e. The van der Waals surface area contributed by atoms with Gasteiger partial charge in [0.15, 0.2) is 11.7 Å². The van der Waals surface area contributed by atoms with Crippen molar-refractivity contribution in [3.8, 4) is 0 Å². The van der Waals surface area contributed by atoms with E-state index in [0.29, 0.717) is 5.76 Å². The Labute approximate surface area is 155 Å². The second kappa shape index (κ2) is 7.19. The van der Waals surface area contributed by atoms with Crippen LogP contribution in [-0.2, 0) is 4.79 Å². The average Bonchev–Trinajstić information content (AvgIpc) is 3.05. The molecule has 0 unspecified atom stereocenters. The first kappa shape index (κ1) is 17.2.